The lowest BCUT2D eigenvalue weighted by Gasteiger charge is -2.12. The van der Waals surface area contributed by atoms with Gasteiger partial charge in [-0.3, -0.25) is 0 Å². The molecule has 0 spiro atoms. The lowest BCUT2D eigenvalue weighted by atomic mass is 10.2. The fourth-order valence-electron chi connectivity index (χ4n) is 1.65. The topological polar surface area (TPSA) is 20.2 Å². The van der Waals surface area contributed by atoms with Crippen LogP contribution in [0.2, 0.25) is 0 Å². The van der Waals surface area contributed by atoms with Crippen LogP contribution in [0.3, 0.4) is 0 Å². The standard InChI is InChI=1S/C9H9F3OS/c10-9(11,12)8(13)7-4-5-2-1-3-6(5)14-7/h4,8,13H,1-3H2. The van der Waals surface area contributed by atoms with Gasteiger partial charge in [0.05, 0.1) is 0 Å². The first kappa shape index (κ1) is 9.98. The Morgan fingerprint density at radius 2 is 2.07 bits per heavy atom. The van der Waals surface area contributed by atoms with E-state index in [4.69, 9.17) is 5.11 Å². The Kier molecular flexibility index (Phi) is 2.31. The van der Waals surface area contributed by atoms with E-state index in [0.29, 0.717) is 0 Å². The lowest BCUT2D eigenvalue weighted by Crippen LogP contribution is -2.19. The van der Waals surface area contributed by atoms with Crippen molar-refractivity contribution >= 4 is 11.3 Å². The third-order valence-electron chi connectivity index (χ3n) is 2.35. The quantitative estimate of drug-likeness (QED) is 0.774. The summed E-state index contributed by atoms with van der Waals surface area (Å²) < 4.78 is 36.5. The number of aliphatic hydroxyl groups excluding tert-OH is 1. The van der Waals surface area contributed by atoms with Gasteiger partial charge in [-0.25, -0.2) is 0 Å². The van der Waals surface area contributed by atoms with E-state index in [-0.39, 0.29) is 4.88 Å². The Morgan fingerprint density at radius 3 is 2.64 bits per heavy atom. The van der Waals surface area contributed by atoms with Crippen molar-refractivity contribution in [3.63, 3.8) is 0 Å². The van der Waals surface area contributed by atoms with Crippen molar-refractivity contribution in [1.82, 2.24) is 0 Å². The molecular weight excluding hydrogens is 213 g/mol. The Bertz CT molecular complexity index is 321. The monoisotopic (exact) mass is 222 g/mol. The molecule has 5 heteroatoms. The van der Waals surface area contributed by atoms with Crippen molar-refractivity contribution in [1.29, 1.82) is 0 Å². The molecule has 0 bridgehead atoms. The van der Waals surface area contributed by atoms with E-state index in [1.807, 2.05) is 0 Å². The van der Waals surface area contributed by atoms with E-state index in [9.17, 15) is 13.2 Å². The molecule has 1 aliphatic rings. The summed E-state index contributed by atoms with van der Waals surface area (Å²) in [5, 5.41) is 9.00. The average molecular weight is 222 g/mol. The minimum Gasteiger partial charge on any atom is -0.379 e. The summed E-state index contributed by atoms with van der Waals surface area (Å²) in [7, 11) is 0. The second-order valence-corrected chi connectivity index (χ2v) is 4.56. The summed E-state index contributed by atoms with van der Waals surface area (Å²) in [5.74, 6) is 0. The van der Waals surface area contributed by atoms with Crippen LogP contribution in [0.5, 0.6) is 0 Å². The van der Waals surface area contributed by atoms with Crippen molar-refractivity contribution in [2.45, 2.75) is 31.5 Å². The number of alkyl halides is 3. The van der Waals surface area contributed by atoms with Gasteiger partial charge in [0.15, 0.2) is 6.10 Å². The molecule has 1 heterocycles. The summed E-state index contributed by atoms with van der Waals surface area (Å²) in [4.78, 5) is 1.03. The molecule has 0 amide bonds. The highest BCUT2D eigenvalue weighted by atomic mass is 32.1. The van der Waals surface area contributed by atoms with Gasteiger partial charge in [-0.2, -0.15) is 13.2 Å². The first-order valence-corrected chi connectivity index (χ1v) is 5.16. The summed E-state index contributed by atoms with van der Waals surface area (Å²) in [6.07, 6.45) is -4.14. The molecular formula is C9H9F3OS. The van der Waals surface area contributed by atoms with Crippen LogP contribution in [-0.4, -0.2) is 11.3 Å². The van der Waals surface area contributed by atoms with E-state index < -0.39 is 12.3 Å². The molecule has 1 aromatic rings. The first-order valence-electron chi connectivity index (χ1n) is 4.35. The smallest absolute Gasteiger partial charge is 0.379 e. The van der Waals surface area contributed by atoms with Crippen molar-refractivity contribution in [3.8, 4) is 0 Å². The van der Waals surface area contributed by atoms with E-state index in [1.54, 1.807) is 0 Å². The van der Waals surface area contributed by atoms with Crippen molar-refractivity contribution in [3.05, 3.63) is 21.4 Å². The van der Waals surface area contributed by atoms with Crippen LogP contribution in [0.15, 0.2) is 6.07 Å². The minimum absolute atomic E-state index is 0.0298. The molecule has 0 saturated heterocycles. The molecule has 0 radical (unpaired) electrons. The Morgan fingerprint density at radius 1 is 1.36 bits per heavy atom. The maximum Gasteiger partial charge on any atom is 0.419 e. The largest absolute Gasteiger partial charge is 0.419 e. The van der Waals surface area contributed by atoms with Crippen LogP contribution in [0.1, 0.15) is 27.8 Å². The van der Waals surface area contributed by atoms with Crippen molar-refractivity contribution < 1.29 is 18.3 Å². The lowest BCUT2D eigenvalue weighted by molar-refractivity contribution is -0.205. The normalized spacial score (nSPS) is 18.3. The number of fused-ring (bicyclic) bond motifs is 1. The maximum absolute atomic E-state index is 12.2. The van der Waals surface area contributed by atoms with Gasteiger partial charge in [-0.1, -0.05) is 0 Å². The molecule has 78 valence electrons. The molecule has 2 rings (SSSR count). The molecule has 0 saturated carbocycles. The molecule has 14 heavy (non-hydrogen) atoms. The van der Waals surface area contributed by atoms with Gasteiger partial charge in [-0.15, -0.1) is 11.3 Å². The van der Waals surface area contributed by atoms with Crippen LogP contribution in [0.4, 0.5) is 13.2 Å². The molecule has 1 aliphatic carbocycles. The van der Waals surface area contributed by atoms with Crippen LogP contribution in [-0.2, 0) is 12.8 Å². The van der Waals surface area contributed by atoms with Gasteiger partial charge in [0.25, 0.3) is 0 Å². The van der Waals surface area contributed by atoms with Crippen molar-refractivity contribution in [2.75, 3.05) is 0 Å². The molecule has 0 fully saturated rings. The predicted molar refractivity (Wildman–Crippen MR) is 47.4 cm³/mol. The number of hydrogen-bond acceptors (Lipinski definition) is 2. The zero-order chi connectivity index (χ0) is 10.3. The number of hydrogen-bond donors (Lipinski definition) is 1. The van der Waals surface area contributed by atoms with Gasteiger partial charge in [0.2, 0.25) is 0 Å². The molecule has 1 unspecified atom stereocenters. The zero-order valence-electron chi connectivity index (χ0n) is 7.27. The van der Waals surface area contributed by atoms with Gasteiger partial charge < -0.3 is 5.11 Å². The second kappa shape index (κ2) is 3.24. The maximum atomic E-state index is 12.2. The van der Waals surface area contributed by atoms with E-state index >= 15 is 0 Å². The van der Waals surface area contributed by atoms with Crippen LogP contribution in [0.25, 0.3) is 0 Å². The predicted octanol–water partition coefficient (Wildman–Crippen LogP) is 2.83. The Labute approximate surface area is 83.2 Å². The van der Waals surface area contributed by atoms with Gasteiger partial charge in [-0.05, 0) is 30.9 Å². The molecule has 1 nitrogen and oxygen atoms in total. The average Bonchev–Trinajstić information content (AvgIpc) is 2.58. The molecule has 1 N–H and O–H groups in total. The second-order valence-electron chi connectivity index (χ2n) is 3.39. The highest BCUT2D eigenvalue weighted by molar-refractivity contribution is 7.12. The van der Waals surface area contributed by atoms with Gasteiger partial charge in [0.1, 0.15) is 0 Å². The Hall–Kier alpha value is -0.550. The third kappa shape index (κ3) is 1.66. The zero-order valence-corrected chi connectivity index (χ0v) is 8.08. The SMILES string of the molecule is OC(c1cc2c(s1)CCC2)C(F)(F)F. The highest BCUT2D eigenvalue weighted by Gasteiger charge is 2.40. The summed E-state index contributed by atoms with van der Waals surface area (Å²) >= 11 is 1.09. The first-order chi connectivity index (χ1) is 6.48. The van der Waals surface area contributed by atoms with E-state index in [2.05, 4.69) is 0 Å². The number of rotatable bonds is 1. The molecule has 1 aromatic heterocycles. The highest BCUT2D eigenvalue weighted by Crippen LogP contribution is 2.39. The van der Waals surface area contributed by atoms with E-state index in [0.717, 1.165) is 41.0 Å². The van der Waals surface area contributed by atoms with Crippen LogP contribution >= 0.6 is 11.3 Å². The van der Waals surface area contributed by atoms with Gasteiger partial charge in [0, 0.05) is 9.75 Å². The van der Waals surface area contributed by atoms with Crippen LogP contribution < -0.4 is 0 Å². The van der Waals surface area contributed by atoms with Gasteiger partial charge >= 0.3 is 6.18 Å². The summed E-state index contributed by atoms with van der Waals surface area (Å²) in [6, 6.07) is 1.49. The Balaban J connectivity index is 2.25. The fraction of sp³-hybridized carbons (Fsp3) is 0.556. The number of aryl methyl sites for hydroxylation is 2. The van der Waals surface area contributed by atoms with E-state index in [1.165, 1.54) is 6.07 Å². The number of halogens is 3. The summed E-state index contributed by atoms with van der Waals surface area (Å²) in [6.45, 7) is 0. The molecule has 0 aromatic carbocycles. The molecule has 1 atom stereocenters. The number of thiophene rings is 1. The number of aliphatic hydroxyl groups is 1. The third-order valence-corrected chi connectivity index (χ3v) is 3.63. The van der Waals surface area contributed by atoms with Crippen molar-refractivity contribution in [2.24, 2.45) is 0 Å². The fourth-order valence-corrected chi connectivity index (χ4v) is 2.92. The van der Waals surface area contributed by atoms with Crippen LogP contribution in [0, 0.1) is 0 Å². The molecule has 0 aliphatic heterocycles. The minimum atomic E-state index is -4.54. The summed E-state index contributed by atoms with van der Waals surface area (Å²) in [5.41, 5.74) is 0.980.